The minimum atomic E-state index is -0.784. The molecule has 1 saturated carbocycles. The standard InChI is InChI=1S/C17H19N3O3/c1-9-4-11-6-18-19-15(11)12(5-9)16(21)20-7-13(10-2-3-10)14(8-20)17(22)23/h4-6,10,13-14H,2-3,7-8H2,1H3,(H,18,19)(H,22,23)/t13-,14+/m1/s1. The van der Waals surface area contributed by atoms with Crippen molar-refractivity contribution in [2.75, 3.05) is 13.1 Å². The molecule has 4 rings (SSSR count). The van der Waals surface area contributed by atoms with Crippen LogP contribution in [0.5, 0.6) is 0 Å². The van der Waals surface area contributed by atoms with Gasteiger partial charge in [0.05, 0.1) is 23.2 Å². The number of aryl methyl sites for hydroxylation is 1. The van der Waals surface area contributed by atoms with Crippen LogP contribution in [0.2, 0.25) is 0 Å². The summed E-state index contributed by atoms with van der Waals surface area (Å²) in [6, 6.07) is 3.83. The second-order valence-corrected chi connectivity index (χ2v) is 6.80. The highest BCUT2D eigenvalue weighted by Gasteiger charge is 2.47. The third-order valence-corrected chi connectivity index (χ3v) is 5.12. The average molecular weight is 313 g/mol. The number of aliphatic carboxylic acids is 1. The van der Waals surface area contributed by atoms with Crippen LogP contribution in [0.3, 0.4) is 0 Å². The lowest BCUT2D eigenvalue weighted by Gasteiger charge is -2.17. The highest BCUT2D eigenvalue weighted by atomic mass is 16.4. The van der Waals surface area contributed by atoms with E-state index >= 15 is 0 Å². The lowest BCUT2D eigenvalue weighted by Crippen LogP contribution is -2.30. The molecule has 1 amide bonds. The van der Waals surface area contributed by atoms with Crippen molar-refractivity contribution >= 4 is 22.8 Å². The van der Waals surface area contributed by atoms with Crippen molar-refractivity contribution in [2.45, 2.75) is 19.8 Å². The summed E-state index contributed by atoms with van der Waals surface area (Å²) in [5.41, 5.74) is 2.30. The van der Waals surface area contributed by atoms with E-state index in [2.05, 4.69) is 10.2 Å². The Morgan fingerprint density at radius 3 is 2.78 bits per heavy atom. The number of aromatic amines is 1. The van der Waals surface area contributed by atoms with E-state index in [-0.39, 0.29) is 11.8 Å². The second kappa shape index (κ2) is 5.08. The van der Waals surface area contributed by atoms with Gasteiger partial charge in [0.2, 0.25) is 0 Å². The van der Waals surface area contributed by atoms with Gasteiger partial charge in [-0.2, -0.15) is 5.10 Å². The molecule has 120 valence electrons. The van der Waals surface area contributed by atoms with Crippen LogP contribution in [0.15, 0.2) is 18.3 Å². The van der Waals surface area contributed by atoms with Crippen molar-refractivity contribution in [1.29, 1.82) is 0 Å². The largest absolute Gasteiger partial charge is 0.481 e. The number of amides is 1. The molecular weight excluding hydrogens is 294 g/mol. The number of nitrogens with zero attached hydrogens (tertiary/aromatic N) is 2. The first kappa shape index (κ1) is 14.2. The molecule has 0 unspecified atom stereocenters. The predicted molar refractivity (Wildman–Crippen MR) is 84.1 cm³/mol. The molecule has 2 heterocycles. The van der Waals surface area contributed by atoms with E-state index in [4.69, 9.17) is 0 Å². The quantitative estimate of drug-likeness (QED) is 0.908. The minimum Gasteiger partial charge on any atom is -0.481 e. The van der Waals surface area contributed by atoms with Crippen molar-refractivity contribution in [3.8, 4) is 0 Å². The van der Waals surface area contributed by atoms with Gasteiger partial charge < -0.3 is 10.0 Å². The fourth-order valence-corrected chi connectivity index (χ4v) is 3.80. The summed E-state index contributed by atoms with van der Waals surface area (Å²) in [6.07, 6.45) is 3.88. The molecule has 6 nitrogen and oxygen atoms in total. The number of benzene rings is 1. The predicted octanol–water partition coefficient (Wildman–Crippen LogP) is 2.05. The van der Waals surface area contributed by atoms with Crippen molar-refractivity contribution in [2.24, 2.45) is 17.8 Å². The van der Waals surface area contributed by atoms with E-state index in [1.807, 2.05) is 19.1 Å². The Morgan fingerprint density at radius 1 is 1.30 bits per heavy atom. The number of hydrogen-bond acceptors (Lipinski definition) is 3. The van der Waals surface area contributed by atoms with Crippen LogP contribution in [0.1, 0.15) is 28.8 Å². The Balaban J connectivity index is 1.66. The van der Waals surface area contributed by atoms with Crippen molar-refractivity contribution < 1.29 is 14.7 Å². The summed E-state index contributed by atoms with van der Waals surface area (Å²) in [4.78, 5) is 26.2. The van der Waals surface area contributed by atoms with E-state index in [0.29, 0.717) is 24.6 Å². The maximum Gasteiger partial charge on any atom is 0.308 e. The maximum absolute atomic E-state index is 13.0. The zero-order chi connectivity index (χ0) is 16.1. The molecule has 0 bridgehead atoms. The molecule has 1 saturated heterocycles. The van der Waals surface area contributed by atoms with Gasteiger partial charge in [-0.3, -0.25) is 14.7 Å². The minimum absolute atomic E-state index is 0.0958. The van der Waals surface area contributed by atoms with E-state index in [0.717, 1.165) is 29.3 Å². The Bertz CT molecular complexity index is 793. The monoisotopic (exact) mass is 313 g/mol. The number of H-pyrrole nitrogens is 1. The van der Waals surface area contributed by atoms with Gasteiger partial charge in [0, 0.05) is 18.5 Å². The number of fused-ring (bicyclic) bond motifs is 1. The van der Waals surface area contributed by atoms with Gasteiger partial charge in [-0.15, -0.1) is 0 Å². The molecule has 1 aromatic carbocycles. The molecule has 6 heteroatoms. The highest BCUT2D eigenvalue weighted by molar-refractivity contribution is 6.06. The molecular formula is C17H19N3O3. The lowest BCUT2D eigenvalue weighted by molar-refractivity contribution is -0.142. The third kappa shape index (κ3) is 2.38. The fraction of sp³-hybridized carbons (Fsp3) is 0.471. The van der Waals surface area contributed by atoms with Crippen LogP contribution < -0.4 is 0 Å². The van der Waals surface area contributed by atoms with Gasteiger partial charge >= 0.3 is 5.97 Å². The smallest absolute Gasteiger partial charge is 0.308 e. The van der Waals surface area contributed by atoms with E-state index in [1.165, 1.54) is 0 Å². The molecule has 2 aliphatic rings. The number of rotatable bonds is 3. The SMILES string of the molecule is Cc1cc(C(=O)N2C[C@H](C(=O)O)[C@@H](C3CC3)C2)c2[nH]ncc2c1. The van der Waals surface area contributed by atoms with Crippen LogP contribution in [-0.4, -0.2) is 45.2 Å². The third-order valence-electron chi connectivity index (χ3n) is 5.12. The Morgan fingerprint density at radius 2 is 2.09 bits per heavy atom. The van der Waals surface area contributed by atoms with Crippen molar-refractivity contribution in [1.82, 2.24) is 15.1 Å². The number of carbonyl (C=O) groups is 2. The van der Waals surface area contributed by atoms with Crippen LogP contribution >= 0.6 is 0 Å². The second-order valence-electron chi connectivity index (χ2n) is 6.80. The number of aromatic nitrogens is 2. The average Bonchev–Trinajstić information content (AvgIpc) is 3.08. The first-order chi connectivity index (χ1) is 11.0. The van der Waals surface area contributed by atoms with E-state index in [9.17, 15) is 14.7 Å². The number of nitrogens with one attached hydrogen (secondary N) is 1. The zero-order valence-corrected chi connectivity index (χ0v) is 13.0. The van der Waals surface area contributed by atoms with Crippen LogP contribution in [0.25, 0.3) is 10.9 Å². The fourth-order valence-electron chi connectivity index (χ4n) is 3.80. The van der Waals surface area contributed by atoms with Gasteiger partial charge in [0.25, 0.3) is 5.91 Å². The molecule has 1 aliphatic carbocycles. The summed E-state index contributed by atoms with van der Waals surface area (Å²) in [5, 5.41) is 17.3. The van der Waals surface area contributed by atoms with Gasteiger partial charge in [-0.1, -0.05) is 0 Å². The van der Waals surface area contributed by atoms with Crippen LogP contribution in [-0.2, 0) is 4.79 Å². The summed E-state index contributed by atoms with van der Waals surface area (Å²) >= 11 is 0. The molecule has 2 N–H and O–H groups in total. The van der Waals surface area contributed by atoms with Crippen LogP contribution in [0.4, 0.5) is 0 Å². The molecule has 1 aliphatic heterocycles. The summed E-state index contributed by atoms with van der Waals surface area (Å²) in [5.74, 6) is -0.754. The van der Waals surface area contributed by atoms with Crippen molar-refractivity contribution in [3.05, 3.63) is 29.5 Å². The molecule has 1 aromatic heterocycles. The van der Waals surface area contributed by atoms with Crippen LogP contribution in [0, 0.1) is 24.7 Å². The Hall–Kier alpha value is -2.37. The van der Waals surface area contributed by atoms with E-state index < -0.39 is 11.9 Å². The molecule has 0 spiro atoms. The topological polar surface area (TPSA) is 86.3 Å². The Kier molecular flexibility index (Phi) is 3.14. The lowest BCUT2D eigenvalue weighted by atomic mass is 9.92. The van der Waals surface area contributed by atoms with Gasteiger partial charge in [-0.05, 0) is 49.3 Å². The zero-order valence-electron chi connectivity index (χ0n) is 13.0. The molecule has 2 atom stereocenters. The summed E-state index contributed by atoms with van der Waals surface area (Å²) in [7, 11) is 0. The Labute approximate surface area is 133 Å². The van der Waals surface area contributed by atoms with Gasteiger partial charge in [-0.25, -0.2) is 0 Å². The first-order valence-corrected chi connectivity index (χ1v) is 8.00. The molecule has 2 aromatic rings. The summed E-state index contributed by atoms with van der Waals surface area (Å²) in [6.45, 7) is 2.79. The highest BCUT2D eigenvalue weighted by Crippen LogP contribution is 2.44. The van der Waals surface area contributed by atoms with Gasteiger partial charge in [0.1, 0.15) is 0 Å². The molecule has 0 radical (unpaired) electrons. The normalized spacial score (nSPS) is 24.3. The maximum atomic E-state index is 13.0. The number of carbonyl (C=O) groups excluding carboxylic acids is 1. The first-order valence-electron chi connectivity index (χ1n) is 8.00. The summed E-state index contributed by atoms with van der Waals surface area (Å²) < 4.78 is 0. The molecule has 23 heavy (non-hydrogen) atoms. The number of carboxylic acid groups (broad SMARTS) is 1. The van der Waals surface area contributed by atoms with E-state index in [1.54, 1.807) is 11.1 Å². The van der Waals surface area contributed by atoms with Gasteiger partial charge in [0.15, 0.2) is 0 Å². The van der Waals surface area contributed by atoms with Crippen molar-refractivity contribution in [3.63, 3.8) is 0 Å². The molecule has 2 fully saturated rings. The number of hydrogen-bond donors (Lipinski definition) is 2. The number of likely N-dealkylation sites (tertiary alicyclic amines) is 1. The number of carboxylic acids is 1.